The summed E-state index contributed by atoms with van der Waals surface area (Å²) < 4.78 is 0. The molecule has 0 atom stereocenters. The van der Waals surface area contributed by atoms with Crippen molar-refractivity contribution in [3.8, 4) is 6.07 Å². The van der Waals surface area contributed by atoms with Crippen molar-refractivity contribution in [2.45, 2.75) is 38.5 Å². The van der Waals surface area contributed by atoms with Crippen molar-refractivity contribution in [1.82, 2.24) is 4.90 Å². The molecule has 0 spiro atoms. The van der Waals surface area contributed by atoms with Crippen molar-refractivity contribution < 1.29 is 4.79 Å². The smallest absolute Gasteiger partial charge is 0.149 e. The monoisotopic (exact) mass is 208 g/mol. The van der Waals surface area contributed by atoms with E-state index in [1.165, 1.54) is 19.3 Å². The molecule has 84 valence electrons. The van der Waals surface area contributed by atoms with Crippen molar-refractivity contribution in [1.29, 1.82) is 5.26 Å². The molecule has 3 nitrogen and oxygen atoms in total. The van der Waals surface area contributed by atoms with Gasteiger partial charge >= 0.3 is 0 Å². The minimum absolute atomic E-state index is 0.295. The molecule has 1 aliphatic carbocycles. The van der Waals surface area contributed by atoms with Crippen LogP contribution in [0, 0.1) is 17.2 Å². The number of nitrogens with zero attached hydrogens (tertiary/aromatic N) is 2. The lowest BCUT2D eigenvalue weighted by atomic mass is 9.86. The minimum Gasteiger partial charge on any atom is -0.298 e. The number of carbonyl (C=O) groups is 1. The van der Waals surface area contributed by atoms with Gasteiger partial charge in [-0.2, -0.15) is 5.26 Å². The van der Waals surface area contributed by atoms with E-state index in [-0.39, 0.29) is 0 Å². The van der Waals surface area contributed by atoms with Crippen LogP contribution in [-0.2, 0) is 4.79 Å². The van der Waals surface area contributed by atoms with E-state index >= 15 is 0 Å². The van der Waals surface area contributed by atoms with E-state index in [1.807, 2.05) is 11.9 Å². The molecule has 0 aromatic rings. The van der Waals surface area contributed by atoms with Crippen LogP contribution in [0.4, 0.5) is 0 Å². The Hall–Kier alpha value is -0.880. The fourth-order valence-corrected chi connectivity index (χ4v) is 2.14. The Labute approximate surface area is 92.1 Å². The van der Waals surface area contributed by atoms with Gasteiger partial charge in [-0.25, -0.2) is 0 Å². The third-order valence-electron chi connectivity index (χ3n) is 3.09. The third kappa shape index (κ3) is 4.44. The Morgan fingerprint density at radius 1 is 1.40 bits per heavy atom. The van der Waals surface area contributed by atoms with E-state index in [2.05, 4.69) is 6.07 Å². The molecular formula is C12H20N2O. The molecule has 0 aromatic heterocycles. The average Bonchev–Trinajstić information content (AvgIpc) is 2.27. The highest BCUT2D eigenvalue weighted by Crippen LogP contribution is 2.24. The van der Waals surface area contributed by atoms with Gasteiger partial charge in [0.25, 0.3) is 0 Å². The highest BCUT2D eigenvalue weighted by atomic mass is 16.1. The van der Waals surface area contributed by atoms with E-state index in [0.717, 1.165) is 12.8 Å². The average molecular weight is 208 g/mol. The second-order valence-electron chi connectivity index (χ2n) is 4.45. The van der Waals surface area contributed by atoms with Crippen LogP contribution < -0.4 is 0 Å². The van der Waals surface area contributed by atoms with Crippen molar-refractivity contribution >= 4 is 5.78 Å². The zero-order valence-electron chi connectivity index (χ0n) is 9.54. The van der Waals surface area contributed by atoms with Crippen LogP contribution in [0.25, 0.3) is 0 Å². The maximum absolute atomic E-state index is 11.8. The molecule has 1 saturated carbocycles. The molecule has 1 fully saturated rings. The SMILES string of the molecule is CN(CCC#N)CC(=O)C1CCCCC1. The Kier molecular flexibility index (Phi) is 5.34. The van der Waals surface area contributed by atoms with E-state index in [9.17, 15) is 4.79 Å². The standard InChI is InChI=1S/C12H20N2O/c1-14(9-5-8-13)10-12(15)11-6-3-2-4-7-11/h11H,2-7,9-10H2,1H3. The number of Topliss-reactive ketones (excluding diaryl/α,β-unsaturated/α-hetero) is 1. The number of nitriles is 1. The molecule has 3 heteroatoms. The largest absolute Gasteiger partial charge is 0.298 e. The second kappa shape index (κ2) is 6.58. The molecule has 0 heterocycles. The summed E-state index contributed by atoms with van der Waals surface area (Å²) in [4.78, 5) is 13.8. The summed E-state index contributed by atoms with van der Waals surface area (Å²) in [7, 11) is 1.91. The molecule has 0 unspecified atom stereocenters. The molecular weight excluding hydrogens is 188 g/mol. The first kappa shape index (κ1) is 12.2. The van der Waals surface area contributed by atoms with Crippen molar-refractivity contribution in [3.05, 3.63) is 0 Å². The zero-order valence-corrected chi connectivity index (χ0v) is 9.54. The van der Waals surface area contributed by atoms with Crippen LogP contribution in [0.3, 0.4) is 0 Å². The molecule has 0 amide bonds. The predicted octanol–water partition coefficient (Wildman–Crippen LogP) is 1.98. The first-order chi connectivity index (χ1) is 7.24. The summed E-state index contributed by atoms with van der Waals surface area (Å²) in [5, 5.41) is 8.44. The van der Waals surface area contributed by atoms with Crippen LogP contribution in [-0.4, -0.2) is 30.8 Å². The Bertz CT molecular complexity index is 238. The maximum atomic E-state index is 11.8. The topological polar surface area (TPSA) is 44.1 Å². The molecule has 0 aromatic carbocycles. The lowest BCUT2D eigenvalue weighted by molar-refractivity contribution is -0.124. The third-order valence-corrected chi connectivity index (χ3v) is 3.09. The normalized spacial score (nSPS) is 17.7. The molecule has 0 radical (unpaired) electrons. The van der Waals surface area contributed by atoms with Gasteiger partial charge in [0.05, 0.1) is 12.6 Å². The van der Waals surface area contributed by atoms with Gasteiger partial charge in [0.1, 0.15) is 5.78 Å². The Balaban J connectivity index is 2.24. The second-order valence-corrected chi connectivity index (χ2v) is 4.45. The van der Waals surface area contributed by atoms with E-state index in [0.29, 0.717) is 31.2 Å². The van der Waals surface area contributed by atoms with Crippen molar-refractivity contribution in [2.24, 2.45) is 5.92 Å². The van der Waals surface area contributed by atoms with Crippen LogP contribution in [0.15, 0.2) is 0 Å². The van der Waals surface area contributed by atoms with Crippen LogP contribution in [0.5, 0.6) is 0 Å². The predicted molar refractivity (Wildman–Crippen MR) is 59.3 cm³/mol. The lowest BCUT2D eigenvalue weighted by Gasteiger charge is -2.23. The number of carbonyl (C=O) groups excluding carboxylic acids is 1. The number of hydrogen-bond donors (Lipinski definition) is 0. The first-order valence-electron chi connectivity index (χ1n) is 5.82. The molecule has 0 aliphatic heterocycles. The van der Waals surface area contributed by atoms with Gasteiger partial charge in [0.15, 0.2) is 0 Å². The number of rotatable bonds is 5. The summed E-state index contributed by atoms with van der Waals surface area (Å²) in [5.41, 5.74) is 0. The fourth-order valence-electron chi connectivity index (χ4n) is 2.14. The summed E-state index contributed by atoms with van der Waals surface area (Å²) >= 11 is 0. The lowest BCUT2D eigenvalue weighted by Crippen LogP contribution is -2.31. The van der Waals surface area contributed by atoms with Crippen LogP contribution in [0.1, 0.15) is 38.5 Å². The van der Waals surface area contributed by atoms with E-state index in [1.54, 1.807) is 0 Å². The summed E-state index contributed by atoms with van der Waals surface area (Å²) in [6.07, 6.45) is 6.36. The highest BCUT2D eigenvalue weighted by Gasteiger charge is 2.21. The Morgan fingerprint density at radius 3 is 2.67 bits per heavy atom. The molecule has 0 saturated heterocycles. The molecule has 0 bridgehead atoms. The van der Waals surface area contributed by atoms with E-state index < -0.39 is 0 Å². The van der Waals surface area contributed by atoms with Crippen LogP contribution in [0.2, 0.25) is 0 Å². The van der Waals surface area contributed by atoms with E-state index in [4.69, 9.17) is 5.26 Å². The number of hydrogen-bond acceptors (Lipinski definition) is 3. The fraction of sp³-hybridized carbons (Fsp3) is 0.833. The van der Waals surface area contributed by atoms with Crippen molar-refractivity contribution in [2.75, 3.05) is 20.1 Å². The maximum Gasteiger partial charge on any atom is 0.149 e. The van der Waals surface area contributed by atoms with Gasteiger partial charge in [-0.05, 0) is 19.9 Å². The van der Waals surface area contributed by atoms with Gasteiger partial charge in [0, 0.05) is 18.9 Å². The Morgan fingerprint density at radius 2 is 2.07 bits per heavy atom. The van der Waals surface area contributed by atoms with Crippen LogP contribution >= 0.6 is 0 Å². The molecule has 15 heavy (non-hydrogen) atoms. The molecule has 1 aliphatic rings. The van der Waals surface area contributed by atoms with Crippen molar-refractivity contribution in [3.63, 3.8) is 0 Å². The number of ketones is 1. The summed E-state index contributed by atoms with van der Waals surface area (Å²) in [6.45, 7) is 1.22. The van der Waals surface area contributed by atoms with Gasteiger partial charge in [-0.15, -0.1) is 0 Å². The summed E-state index contributed by atoms with van der Waals surface area (Å²) in [5.74, 6) is 0.665. The van der Waals surface area contributed by atoms with Gasteiger partial charge in [-0.1, -0.05) is 19.3 Å². The summed E-state index contributed by atoms with van der Waals surface area (Å²) in [6, 6.07) is 2.10. The van der Waals surface area contributed by atoms with Gasteiger partial charge < -0.3 is 0 Å². The molecule has 0 N–H and O–H groups in total. The zero-order chi connectivity index (χ0) is 11.1. The highest BCUT2D eigenvalue weighted by molar-refractivity contribution is 5.82. The van der Waals surface area contributed by atoms with Gasteiger partial charge in [0.2, 0.25) is 0 Å². The molecule has 1 rings (SSSR count). The van der Waals surface area contributed by atoms with Gasteiger partial charge in [-0.3, -0.25) is 9.69 Å². The minimum atomic E-state index is 0.295. The number of likely N-dealkylation sites (N-methyl/N-ethyl adjacent to an activating group) is 1. The first-order valence-corrected chi connectivity index (χ1v) is 5.82. The quantitative estimate of drug-likeness (QED) is 0.694.